The Morgan fingerprint density at radius 1 is 1.47 bits per heavy atom. The maximum Gasteiger partial charge on any atom is 0.255 e. The second-order valence-electron chi connectivity index (χ2n) is 3.59. The van der Waals surface area contributed by atoms with E-state index in [2.05, 4.69) is 4.98 Å². The molecular weight excluding hydrogens is 214 g/mol. The Morgan fingerprint density at radius 2 is 2.13 bits per heavy atom. The number of carbonyl (C=O) groups excluding carboxylic acids is 1. The molecule has 1 saturated heterocycles. The van der Waals surface area contributed by atoms with E-state index >= 15 is 0 Å². The molecule has 0 unspecified atom stereocenters. The smallest absolute Gasteiger partial charge is 0.255 e. The van der Waals surface area contributed by atoms with Gasteiger partial charge in [0.2, 0.25) is 0 Å². The van der Waals surface area contributed by atoms with Crippen molar-refractivity contribution in [3.05, 3.63) is 22.8 Å². The van der Waals surface area contributed by atoms with Crippen molar-refractivity contribution < 1.29 is 4.79 Å². The van der Waals surface area contributed by atoms with E-state index in [1.54, 1.807) is 4.90 Å². The molecule has 0 aliphatic carbocycles. The summed E-state index contributed by atoms with van der Waals surface area (Å²) < 4.78 is 0. The number of hydrogen-bond acceptors (Lipinski definition) is 3. The number of nitrogens with two attached hydrogens (primary N) is 1. The van der Waals surface area contributed by atoms with Gasteiger partial charge in [0, 0.05) is 19.3 Å². The number of halogens is 1. The molecule has 2 rings (SSSR count). The lowest BCUT2D eigenvalue weighted by molar-refractivity contribution is 0.0793. The monoisotopic (exact) mass is 225 g/mol. The largest absolute Gasteiger partial charge is 0.384 e. The van der Waals surface area contributed by atoms with Gasteiger partial charge in [0.25, 0.3) is 5.91 Å². The van der Waals surface area contributed by atoms with Gasteiger partial charge in [-0.3, -0.25) is 4.79 Å². The first-order chi connectivity index (χ1) is 7.18. The van der Waals surface area contributed by atoms with E-state index in [0.29, 0.717) is 16.4 Å². The highest BCUT2D eigenvalue weighted by Crippen LogP contribution is 2.20. The normalized spacial score (nSPS) is 15.7. The van der Waals surface area contributed by atoms with Crippen molar-refractivity contribution in [1.82, 2.24) is 9.88 Å². The maximum atomic E-state index is 12.0. The number of aromatic nitrogens is 1. The summed E-state index contributed by atoms with van der Waals surface area (Å²) in [5.41, 5.74) is 5.97. The van der Waals surface area contributed by atoms with Gasteiger partial charge in [0.05, 0.1) is 10.6 Å². The van der Waals surface area contributed by atoms with E-state index in [9.17, 15) is 4.79 Å². The molecule has 1 amide bonds. The molecule has 0 aromatic carbocycles. The number of nitrogens with zero attached hydrogens (tertiary/aromatic N) is 2. The summed E-state index contributed by atoms with van der Waals surface area (Å²) in [6.07, 6.45) is 3.54. The van der Waals surface area contributed by atoms with Gasteiger partial charge in [-0.15, -0.1) is 0 Å². The number of rotatable bonds is 1. The molecule has 15 heavy (non-hydrogen) atoms. The van der Waals surface area contributed by atoms with Crippen LogP contribution in [0.4, 0.5) is 5.82 Å². The standard InChI is InChI=1S/C10H12ClN3O/c11-8-6-13-9(12)5-7(8)10(15)14-3-1-2-4-14/h5-6H,1-4H2,(H2,12,13). The van der Waals surface area contributed by atoms with Crippen molar-refractivity contribution in [3.63, 3.8) is 0 Å². The molecule has 0 bridgehead atoms. The molecule has 0 radical (unpaired) electrons. The Bertz CT molecular complexity index is 388. The van der Waals surface area contributed by atoms with Crippen LogP contribution in [0.1, 0.15) is 23.2 Å². The Balaban J connectivity index is 2.27. The molecule has 0 atom stereocenters. The average molecular weight is 226 g/mol. The van der Waals surface area contributed by atoms with Gasteiger partial charge >= 0.3 is 0 Å². The number of amides is 1. The second kappa shape index (κ2) is 4.06. The SMILES string of the molecule is Nc1cc(C(=O)N2CCCC2)c(Cl)cn1. The van der Waals surface area contributed by atoms with Crippen molar-refractivity contribution >= 4 is 23.3 Å². The van der Waals surface area contributed by atoms with Crippen LogP contribution in [0.15, 0.2) is 12.3 Å². The number of nitrogen functional groups attached to an aromatic ring is 1. The molecule has 1 aliphatic heterocycles. The number of likely N-dealkylation sites (tertiary alicyclic amines) is 1. The Kier molecular flexibility index (Phi) is 2.77. The minimum absolute atomic E-state index is 0.0494. The van der Waals surface area contributed by atoms with Gasteiger partial charge in [0.1, 0.15) is 5.82 Å². The molecule has 5 heteroatoms. The van der Waals surface area contributed by atoms with Gasteiger partial charge in [-0.2, -0.15) is 0 Å². The fourth-order valence-corrected chi connectivity index (χ4v) is 1.89. The summed E-state index contributed by atoms with van der Waals surface area (Å²) in [4.78, 5) is 17.6. The third kappa shape index (κ3) is 2.04. The molecular formula is C10H12ClN3O. The second-order valence-corrected chi connectivity index (χ2v) is 4.00. The summed E-state index contributed by atoms with van der Waals surface area (Å²) in [5.74, 6) is 0.272. The van der Waals surface area contributed by atoms with Crippen LogP contribution in [0.2, 0.25) is 5.02 Å². The topological polar surface area (TPSA) is 59.2 Å². The van der Waals surface area contributed by atoms with Crippen LogP contribution in [-0.2, 0) is 0 Å². The van der Waals surface area contributed by atoms with Crippen molar-refractivity contribution in [2.45, 2.75) is 12.8 Å². The van der Waals surface area contributed by atoms with Crippen molar-refractivity contribution in [1.29, 1.82) is 0 Å². The number of hydrogen-bond donors (Lipinski definition) is 1. The minimum Gasteiger partial charge on any atom is -0.384 e. The van der Waals surface area contributed by atoms with Crippen LogP contribution in [0.25, 0.3) is 0 Å². The third-order valence-electron chi connectivity index (χ3n) is 2.50. The maximum absolute atomic E-state index is 12.0. The van der Waals surface area contributed by atoms with Crippen LogP contribution >= 0.6 is 11.6 Å². The molecule has 1 aliphatic rings. The van der Waals surface area contributed by atoms with E-state index in [4.69, 9.17) is 17.3 Å². The van der Waals surface area contributed by atoms with Crippen molar-refractivity contribution in [3.8, 4) is 0 Å². The van der Waals surface area contributed by atoms with Gasteiger partial charge in [-0.25, -0.2) is 4.98 Å². The predicted molar refractivity (Wildman–Crippen MR) is 58.8 cm³/mol. The third-order valence-corrected chi connectivity index (χ3v) is 2.80. The van der Waals surface area contributed by atoms with Crippen LogP contribution in [0, 0.1) is 0 Å². The Hall–Kier alpha value is -1.29. The number of pyridine rings is 1. The Labute approximate surface area is 93.0 Å². The quantitative estimate of drug-likeness (QED) is 0.789. The molecule has 2 heterocycles. The van der Waals surface area contributed by atoms with E-state index in [1.807, 2.05) is 0 Å². The molecule has 80 valence electrons. The molecule has 0 spiro atoms. The fraction of sp³-hybridized carbons (Fsp3) is 0.400. The van der Waals surface area contributed by atoms with Gasteiger partial charge in [0.15, 0.2) is 0 Å². The summed E-state index contributed by atoms with van der Waals surface area (Å²) in [6.45, 7) is 1.61. The molecule has 0 saturated carbocycles. The van der Waals surface area contributed by atoms with Crippen LogP contribution in [0.5, 0.6) is 0 Å². The van der Waals surface area contributed by atoms with Crippen molar-refractivity contribution in [2.75, 3.05) is 18.8 Å². The molecule has 1 aromatic heterocycles. The number of carbonyl (C=O) groups is 1. The summed E-state index contributed by atoms with van der Waals surface area (Å²) in [7, 11) is 0. The van der Waals surface area contributed by atoms with Crippen LogP contribution in [0.3, 0.4) is 0 Å². The van der Waals surface area contributed by atoms with E-state index in [-0.39, 0.29) is 5.91 Å². The highest BCUT2D eigenvalue weighted by atomic mass is 35.5. The highest BCUT2D eigenvalue weighted by molar-refractivity contribution is 6.33. The minimum atomic E-state index is -0.0494. The predicted octanol–water partition coefficient (Wildman–Crippen LogP) is 1.55. The number of anilines is 1. The van der Waals surface area contributed by atoms with E-state index in [1.165, 1.54) is 12.3 Å². The first-order valence-corrected chi connectivity index (χ1v) is 5.26. The zero-order valence-corrected chi connectivity index (χ0v) is 9.00. The molecule has 1 aromatic rings. The lowest BCUT2D eigenvalue weighted by atomic mass is 10.2. The highest BCUT2D eigenvalue weighted by Gasteiger charge is 2.21. The molecule has 4 nitrogen and oxygen atoms in total. The van der Waals surface area contributed by atoms with E-state index in [0.717, 1.165) is 25.9 Å². The summed E-state index contributed by atoms with van der Waals surface area (Å²) >= 11 is 5.90. The Morgan fingerprint density at radius 3 is 2.80 bits per heavy atom. The first kappa shape index (κ1) is 10.2. The zero-order valence-electron chi connectivity index (χ0n) is 8.24. The first-order valence-electron chi connectivity index (χ1n) is 4.89. The lowest BCUT2D eigenvalue weighted by Gasteiger charge is -2.15. The average Bonchev–Trinajstić information content (AvgIpc) is 2.74. The summed E-state index contributed by atoms with van der Waals surface area (Å²) in [5, 5.41) is 0.362. The van der Waals surface area contributed by atoms with Gasteiger partial charge in [-0.1, -0.05) is 11.6 Å². The van der Waals surface area contributed by atoms with Crippen LogP contribution < -0.4 is 5.73 Å². The summed E-state index contributed by atoms with van der Waals surface area (Å²) in [6, 6.07) is 1.53. The fourth-order valence-electron chi connectivity index (χ4n) is 1.71. The lowest BCUT2D eigenvalue weighted by Crippen LogP contribution is -2.28. The zero-order chi connectivity index (χ0) is 10.8. The van der Waals surface area contributed by atoms with Crippen molar-refractivity contribution in [2.24, 2.45) is 0 Å². The van der Waals surface area contributed by atoms with E-state index < -0.39 is 0 Å². The molecule has 1 fully saturated rings. The van der Waals surface area contributed by atoms with Crippen LogP contribution in [-0.4, -0.2) is 28.9 Å². The van der Waals surface area contributed by atoms with Gasteiger partial charge < -0.3 is 10.6 Å². The van der Waals surface area contributed by atoms with Gasteiger partial charge in [-0.05, 0) is 18.9 Å². The molecule has 2 N–H and O–H groups in total.